The quantitative estimate of drug-likeness (QED) is 0.601. The van der Waals surface area contributed by atoms with Gasteiger partial charge in [-0.25, -0.2) is 4.79 Å². The van der Waals surface area contributed by atoms with Gasteiger partial charge in [-0.3, -0.25) is 19.3 Å². The van der Waals surface area contributed by atoms with Crippen molar-refractivity contribution in [2.24, 2.45) is 11.7 Å². The molecule has 3 aliphatic rings. The molecule has 1 unspecified atom stereocenters. The molecule has 1 saturated heterocycles. The summed E-state index contributed by atoms with van der Waals surface area (Å²) in [6.07, 6.45) is 4.44. The molecule has 2 aromatic carbocycles. The van der Waals surface area contributed by atoms with E-state index in [1.165, 1.54) is 0 Å². The summed E-state index contributed by atoms with van der Waals surface area (Å²) < 4.78 is 0. The Morgan fingerprint density at radius 3 is 2.51 bits per heavy atom. The van der Waals surface area contributed by atoms with Crippen molar-refractivity contribution < 1.29 is 19.2 Å². The number of imide groups is 1. The van der Waals surface area contributed by atoms with Crippen LogP contribution in [0.25, 0.3) is 0 Å². The number of carbonyl (C=O) groups excluding carboxylic acids is 4. The van der Waals surface area contributed by atoms with Crippen molar-refractivity contribution in [1.29, 1.82) is 0 Å². The lowest BCUT2D eigenvalue weighted by atomic mass is 9.79. The zero-order valence-corrected chi connectivity index (χ0v) is 19.8. The number of hydrogen-bond acceptors (Lipinski definition) is 4. The van der Waals surface area contributed by atoms with Gasteiger partial charge in [0.2, 0.25) is 11.8 Å². The lowest BCUT2D eigenvalue weighted by Gasteiger charge is -2.39. The average molecular weight is 475 g/mol. The fourth-order valence-electron chi connectivity index (χ4n) is 5.57. The smallest absolute Gasteiger partial charge is 0.325 e. The van der Waals surface area contributed by atoms with E-state index < -0.39 is 17.5 Å². The zero-order valence-electron chi connectivity index (χ0n) is 19.8. The number of primary amides is 1. The maximum atomic E-state index is 13.6. The normalized spacial score (nSPS) is 22.0. The monoisotopic (exact) mass is 474 g/mol. The van der Waals surface area contributed by atoms with E-state index in [1.807, 2.05) is 31.2 Å². The second-order valence-electron chi connectivity index (χ2n) is 9.90. The molecule has 2 fully saturated rings. The zero-order chi connectivity index (χ0) is 24.7. The first kappa shape index (κ1) is 23.1. The Balaban J connectivity index is 1.36. The lowest BCUT2D eigenvalue weighted by molar-refractivity contribution is -0.142. The minimum absolute atomic E-state index is 0.0333. The summed E-state index contributed by atoms with van der Waals surface area (Å²) >= 11 is 0. The SMILES string of the molecule is C[C@@H](C1CCC1)N(Cc1ccc(C(N)=O)cc1)C(=O)CN1C(=O)NC2(CCc3ccccc32)C1=O. The van der Waals surface area contributed by atoms with Gasteiger partial charge in [0.25, 0.3) is 5.91 Å². The minimum atomic E-state index is -1.08. The maximum absolute atomic E-state index is 13.6. The highest BCUT2D eigenvalue weighted by Gasteiger charge is 2.55. The first-order valence-electron chi connectivity index (χ1n) is 12.2. The molecule has 2 atom stereocenters. The van der Waals surface area contributed by atoms with Crippen molar-refractivity contribution in [3.63, 3.8) is 0 Å². The maximum Gasteiger partial charge on any atom is 0.325 e. The van der Waals surface area contributed by atoms with Crippen LogP contribution >= 0.6 is 0 Å². The van der Waals surface area contributed by atoms with Gasteiger partial charge in [-0.1, -0.05) is 42.8 Å². The molecular formula is C27H30N4O4. The number of amides is 5. The van der Waals surface area contributed by atoms with Gasteiger partial charge in [0.05, 0.1) is 0 Å². The van der Waals surface area contributed by atoms with Gasteiger partial charge in [0, 0.05) is 18.2 Å². The lowest BCUT2D eigenvalue weighted by Crippen LogP contribution is -2.49. The van der Waals surface area contributed by atoms with Crippen molar-refractivity contribution in [3.05, 3.63) is 70.8 Å². The number of fused-ring (bicyclic) bond motifs is 2. The summed E-state index contributed by atoms with van der Waals surface area (Å²) in [7, 11) is 0. The van der Waals surface area contributed by atoms with Gasteiger partial charge in [-0.15, -0.1) is 0 Å². The van der Waals surface area contributed by atoms with E-state index in [0.717, 1.165) is 40.9 Å². The molecule has 0 aromatic heterocycles. The van der Waals surface area contributed by atoms with E-state index in [1.54, 1.807) is 29.2 Å². The van der Waals surface area contributed by atoms with Crippen molar-refractivity contribution in [3.8, 4) is 0 Å². The summed E-state index contributed by atoms with van der Waals surface area (Å²) in [4.78, 5) is 54.3. The van der Waals surface area contributed by atoms with Crippen LogP contribution in [-0.4, -0.2) is 46.1 Å². The Hall–Kier alpha value is -3.68. The molecule has 1 saturated carbocycles. The number of nitrogens with zero attached hydrogens (tertiary/aromatic N) is 2. The number of benzene rings is 2. The van der Waals surface area contributed by atoms with Gasteiger partial charge in [-0.05, 0) is 67.3 Å². The molecule has 8 heteroatoms. The van der Waals surface area contributed by atoms with Crippen LogP contribution in [0.4, 0.5) is 4.79 Å². The fourth-order valence-corrected chi connectivity index (χ4v) is 5.57. The van der Waals surface area contributed by atoms with Crippen LogP contribution in [0.5, 0.6) is 0 Å². The van der Waals surface area contributed by atoms with Gasteiger partial charge in [-0.2, -0.15) is 0 Å². The number of carbonyl (C=O) groups is 4. The third-order valence-electron chi connectivity index (χ3n) is 7.95. The Morgan fingerprint density at radius 1 is 1.14 bits per heavy atom. The number of rotatable bonds is 7. The van der Waals surface area contributed by atoms with Crippen LogP contribution in [-0.2, 0) is 28.1 Å². The molecule has 8 nitrogen and oxygen atoms in total. The first-order valence-corrected chi connectivity index (χ1v) is 12.2. The number of nitrogens with one attached hydrogen (secondary N) is 1. The van der Waals surface area contributed by atoms with Gasteiger partial charge < -0.3 is 16.0 Å². The molecule has 182 valence electrons. The Morgan fingerprint density at radius 2 is 1.86 bits per heavy atom. The molecule has 1 aliphatic heterocycles. The van der Waals surface area contributed by atoms with Crippen molar-refractivity contribution >= 4 is 23.8 Å². The molecule has 5 rings (SSSR count). The summed E-state index contributed by atoms with van der Waals surface area (Å²) in [6, 6.07) is 13.9. The van der Waals surface area contributed by atoms with E-state index >= 15 is 0 Å². The van der Waals surface area contributed by atoms with Crippen LogP contribution in [0, 0.1) is 5.92 Å². The Labute approximate surface area is 204 Å². The standard InChI is InChI=1S/C27H30N4O4/c1-17(19-6-4-7-19)30(15-18-9-11-21(12-10-18)24(28)33)23(32)16-31-25(34)27(29-26(31)35)14-13-20-5-2-3-8-22(20)27/h2-3,5,8-12,17,19H,4,6-7,13-16H2,1H3,(H2,28,33)(H,29,35)/t17-,27?/m0/s1. The van der Waals surface area contributed by atoms with Gasteiger partial charge in [0.1, 0.15) is 12.1 Å². The van der Waals surface area contributed by atoms with E-state index in [9.17, 15) is 19.2 Å². The number of nitrogens with two attached hydrogens (primary N) is 1. The highest BCUT2D eigenvalue weighted by atomic mass is 16.2. The highest BCUT2D eigenvalue weighted by molar-refractivity contribution is 6.10. The largest absolute Gasteiger partial charge is 0.366 e. The second kappa shape index (κ2) is 8.83. The van der Waals surface area contributed by atoms with Crippen molar-refractivity contribution in [1.82, 2.24) is 15.1 Å². The third kappa shape index (κ3) is 3.96. The van der Waals surface area contributed by atoms with Crippen LogP contribution in [0.15, 0.2) is 48.5 Å². The summed E-state index contributed by atoms with van der Waals surface area (Å²) in [5.74, 6) is -0.744. The molecular weight excluding hydrogens is 444 g/mol. The molecule has 1 heterocycles. The molecule has 0 radical (unpaired) electrons. The van der Waals surface area contributed by atoms with Crippen LogP contribution in [0.3, 0.4) is 0 Å². The Kier molecular flexibility index (Phi) is 5.83. The van der Waals surface area contributed by atoms with E-state index in [4.69, 9.17) is 5.73 Å². The van der Waals surface area contributed by atoms with Crippen LogP contribution in [0.1, 0.15) is 59.7 Å². The van der Waals surface area contributed by atoms with Crippen LogP contribution < -0.4 is 11.1 Å². The predicted octanol–water partition coefficient (Wildman–Crippen LogP) is 2.70. The molecule has 5 amide bonds. The summed E-state index contributed by atoms with van der Waals surface area (Å²) in [5, 5.41) is 2.89. The number of urea groups is 1. The molecule has 35 heavy (non-hydrogen) atoms. The average Bonchev–Trinajstić information content (AvgIpc) is 3.29. The predicted molar refractivity (Wildman–Crippen MR) is 129 cm³/mol. The van der Waals surface area contributed by atoms with Gasteiger partial charge in [0.15, 0.2) is 0 Å². The van der Waals surface area contributed by atoms with E-state index in [0.29, 0.717) is 30.9 Å². The molecule has 0 bridgehead atoms. The molecule has 3 N–H and O–H groups in total. The van der Waals surface area contributed by atoms with Gasteiger partial charge >= 0.3 is 6.03 Å². The van der Waals surface area contributed by atoms with Crippen LogP contribution in [0.2, 0.25) is 0 Å². The Bertz CT molecular complexity index is 1190. The van der Waals surface area contributed by atoms with E-state index in [-0.39, 0.29) is 24.4 Å². The number of hydrogen-bond donors (Lipinski definition) is 2. The summed E-state index contributed by atoms with van der Waals surface area (Å²) in [6.45, 7) is 2.05. The van der Waals surface area contributed by atoms with Crippen molar-refractivity contribution in [2.75, 3.05) is 6.54 Å². The minimum Gasteiger partial charge on any atom is -0.366 e. The summed E-state index contributed by atoms with van der Waals surface area (Å²) in [5.41, 5.74) is 7.39. The first-order chi connectivity index (χ1) is 16.8. The molecule has 2 aromatic rings. The third-order valence-corrected chi connectivity index (χ3v) is 7.95. The van der Waals surface area contributed by atoms with E-state index in [2.05, 4.69) is 5.32 Å². The number of aryl methyl sites for hydroxylation is 1. The topological polar surface area (TPSA) is 113 Å². The fraction of sp³-hybridized carbons (Fsp3) is 0.407. The molecule has 1 spiro atoms. The van der Waals surface area contributed by atoms with Crippen molar-refractivity contribution in [2.45, 2.75) is 57.2 Å². The second-order valence-corrected chi connectivity index (χ2v) is 9.90. The highest BCUT2D eigenvalue weighted by Crippen LogP contribution is 2.41. The molecule has 2 aliphatic carbocycles.